The molecule has 0 aliphatic heterocycles. The van der Waals surface area contributed by atoms with E-state index in [2.05, 4.69) is 53.3 Å². The monoisotopic (exact) mass is 514 g/mol. The van der Waals surface area contributed by atoms with Gasteiger partial charge in [0.15, 0.2) is 5.96 Å². The van der Waals surface area contributed by atoms with E-state index in [0.29, 0.717) is 18.6 Å². The molecule has 1 heterocycles. The van der Waals surface area contributed by atoms with Gasteiger partial charge in [-0.2, -0.15) is 5.10 Å². The molecule has 29 heavy (non-hydrogen) atoms. The number of aliphatic imine (C=N–C) groups is 1. The number of rotatable bonds is 9. The van der Waals surface area contributed by atoms with Gasteiger partial charge in [0.2, 0.25) is 0 Å². The zero-order valence-corrected chi connectivity index (χ0v) is 20.7. The lowest BCUT2D eigenvalue weighted by Gasteiger charge is -2.30. The van der Waals surface area contributed by atoms with Crippen LogP contribution in [0.15, 0.2) is 41.5 Å². The van der Waals surface area contributed by atoms with Crippen molar-refractivity contribution < 1.29 is 4.74 Å². The van der Waals surface area contributed by atoms with Gasteiger partial charge in [0.1, 0.15) is 5.75 Å². The molecule has 0 aliphatic carbocycles. The van der Waals surface area contributed by atoms with Gasteiger partial charge in [-0.25, -0.2) is 4.68 Å². The first-order chi connectivity index (χ1) is 13.4. The molecule has 0 radical (unpaired) electrons. The number of halogens is 1. The molecule has 0 saturated heterocycles. The predicted molar refractivity (Wildman–Crippen MR) is 131 cm³/mol. The summed E-state index contributed by atoms with van der Waals surface area (Å²) in [5.41, 5.74) is 1.95. The van der Waals surface area contributed by atoms with E-state index in [1.54, 1.807) is 14.2 Å². The van der Waals surface area contributed by atoms with Crippen LogP contribution in [0.5, 0.6) is 5.75 Å². The van der Waals surface area contributed by atoms with E-state index >= 15 is 0 Å². The Morgan fingerprint density at radius 2 is 1.76 bits per heavy atom. The van der Waals surface area contributed by atoms with Crippen LogP contribution in [0.4, 0.5) is 0 Å². The van der Waals surface area contributed by atoms with Gasteiger partial charge in [0, 0.05) is 38.4 Å². The fourth-order valence-corrected chi connectivity index (χ4v) is 3.15. The number of hydrogen-bond acceptors (Lipinski definition) is 4. The summed E-state index contributed by atoms with van der Waals surface area (Å²) in [6.45, 7) is 11.3. The molecule has 0 aliphatic rings. The van der Waals surface area contributed by atoms with Crippen LogP contribution in [0.25, 0.3) is 5.69 Å². The van der Waals surface area contributed by atoms with E-state index in [1.807, 2.05) is 41.2 Å². The fraction of sp³-hybridized carbons (Fsp3) is 0.524. The number of methoxy groups -OCH3 is 1. The highest BCUT2D eigenvalue weighted by Crippen LogP contribution is 2.14. The average Bonchev–Trinajstić information content (AvgIpc) is 3.16. The third-order valence-electron chi connectivity index (χ3n) is 4.63. The lowest BCUT2D eigenvalue weighted by atomic mass is 10.2. The highest BCUT2D eigenvalue weighted by Gasteiger charge is 2.12. The first kappa shape index (κ1) is 25.2. The summed E-state index contributed by atoms with van der Waals surface area (Å²) >= 11 is 0. The van der Waals surface area contributed by atoms with Crippen LogP contribution < -0.4 is 15.4 Å². The number of ether oxygens (including phenoxy) is 1. The van der Waals surface area contributed by atoms with E-state index < -0.39 is 0 Å². The summed E-state index contributed by atoms with van der Waals surface area (Å²) in [6, 6.07) is 10.9. The van der Waals surface area contributed by atoms with Gasteiger partial charge in [-0.3, -0.25) is 9.89 Å². The van der Waals surface area contributed by atoms with Gasteiger partial charge < -0.3 is 15.4 Å². The Labute approximate surface area is 191 Å². The number of nitrogens with one attached hydrogen (secondary N) is 2. The molecule has 2 N–H and O–H groups in total. The normalized spacial score (nSPS) is 11.7. The quantitative estimate of drug-likeness (QED) is 0.306. The topological polar surface area (TPSA) is 66.7 Å². The van der Waals surface area contributed by atoms with Crippen molar-refractivity contribution in [1.82, 2.24) is 25.3 Å². The molecule has 7 nitrogen and oxygen atoms in total. The minimum Gasteiger partial charge on any atom is -0.497 e. The van der Waals surface area contributed by atoms with Gasteiger partial charge in [0.25, 0.3) is 0 Å². The standard InChI is InChI=1S/C21H34N6O.HI/c1-16(2)26(17(3)4)14-12-23-21(22-5)24-15-18-11-13-27(25-18)19-7-9-20(28-6)10-8-19;/h7-11,13,16-17H,12,14-15H2,1-6H3,(H2,22,23,24);1H. The average molecular weight is 514 g/mol. The molecule has 0 atom stereocenters. The second-order valence-electron chi connectivity index (χ2n) is 7.23. The lowest BCUT2D eigenvalue weighted by molar-refractivity contribution is 0.178. The van der Waals surface area contributed by atoms with Crippen molar-refractivity contribution >= 4 is 29.9 Å². The Morgan fingerprint density at radius 1 is 1.10 bits per heavy atom. The first-order valence-corrected chi connectivity index (χ1v) is 9.83. The van der Waals surface area contributed by atoms with Crippen molar-refractivity contribution in [3.8, 4) is 11.4 Å². The van der Waals surface area contributed by atoms with Gasteiger partial charge in [-0.05, 0) is 58.0 Å². The Morgan fingerprint density at radius 3 is 2.31 bits per heavy atom. The second-order valence-corrected chi connectivity index (χ2v) is 7.23. The molecule has 1 aromatic heterocycles. The van der Waals surface area contributed by atoms with Crippen LogP contribution in [-0.4, -0.2) is 60.0 Å². The molecule has 0 bridgehead atoms. The predicted octanol–water partition coefficient (Wildman–Crippen LogP) is 3.28. The highest BCUT2D eigenvalue weighted by molar-refractivity contribution is 14.0. The van der Waals surface area contributed by atoms with Crippen molar-refractivity contribution in [2.75, 3.05) is 27.2 Å². The van der Waals surface area contributed by atoms with Crippen molar-refractivity contribution in [3.63, 3.8) is 0 Å². The molecule has 8 heteroatoms. The number of benzene rings is 1. The number of hydrogen-bond donors (Lipinski definition) is 2. The Kier molecular flexibility index (Phi) is 11.0. The number of aromatic nitrogens is 2. The van der Waals surface area contributed by atoms with Gasteiger partial charge in [-0.1, -0.05) is 0 Å². The zero-order valence-electron chi connectivity index (χ0n) is 18.3. The van der Waals surface area contributed by atoms with Gasteiger partial charge >= 0.3 is 0 Å². The maximum absolute atomic E-state index is 5.20. The minimum absolute atomic E-state index is 0. The smallest absolute Gasteiger partial charge is 0.191 e. The van der Waals surface area contributed by atoms with Crippen LogP contribution in [0, 0.1) is 0 Å². The summed E-state index contributed by atoms with van der Waals surface area (Å²) in [6.07, 6.45) is 1.96. The van der Waals surface area contributed by atoms with E-state index in [9.17, 15) is 0 Å². The van der Waals surface area contributed by atoms with Crippen LogP contribution in [0.1, 0.15) is 33.4 Å². The van der Waals surface area contributed by atoms with Gasteiger partial charge in [-0.15, -0.1) is 24.0 Å². The molecule has 0 amide bonds. The number of nitrogens with zero attached hydrogens (tertiary/aromatic N) is 4. The van der Waals surface area contributed by atoms with E-state index in [0.717, 1.165) is 36.2 Å². The Balaban J connectivity index is 0.00000420. The molecule has 0 fully saturated rings. The molecule has 2 aromatic rings. The highest BCUT2D eigenvalue weighted by atomic mass is 127. The van der Waals surface area contributed by atoms with Gasteiger partial charge in [0.05, 0.1) is 25.0 Å². The van der Waals surface area contributed by atoms with Crippen molar-refractivity contribution in [2.24, 2.45) is 4.99 Å². The summed E-state index contributed by atoms with van der Waals surface area (Å²) in [5.74, 6) is 1.62. The third kappa shape index (κ3) is 7.85. The summed E-state index contributed by atoms with van der Waals surface area (Å²) in [4.78, 5) is 6.76. The van der Waals surface area contributed by atoms with Crippen molar-refractivity contribution in [3.05, 3.63) is 42.2 Å². The molecule has 162 valence electrons. The van der Waals surface area contributed by atoms with E-state index in [1.165, 1.54) is 0 Å². The molecule has 0 spiro atoms. The summed E-state index contributed by atoms with van der Waals surface area (Å²) in [5, 5.41) is 11.3. The molecule has 0 saturated carbocycles. The molecular formula is C21H35IN6O. The zero-order chi connectivity index (χ0) is 20.5. The van der Waals surface area contributed by atoms with Crippen molar-refractivity contribution in [2.45, 2.75) is 46.3 Å². The maximum atomic E-state index is 5.20. The van der Waals surface area contributed by atoms with Crippen molar-refractivity contribution in [1.29, 1.82) is 0 Å². The van der Waals surface area contributed by atoms with Crippen LogP contribution in [0.2, 0.25) is 0 Å². The summed E-state index contributed by atoms with van der Waals surface area (Å²) < 4.78 is 7.05. The van der Waals surface area contributed by atoms with E-state index in [4.69, 9.17) is 4.74 Å². The first-order valence-electron chi connectivity index (χ1n) is 9.83. The van der Waals surface area contributed by atoms with Crippen LogP contribution in [-0.2, 0) is 6.54 Å². The fourth-order valence-electron chi connectivity index (χ4n) is 3.15. The SMILES string of the molecule is CN=C(NCCN(C(C)C)C(C)C)NCc1ccn(-c2ccc(OC)cc2)n1.I. The summed E-state index contributed by atoms with van der Waals surface area (Å²) in [7, 11) is 3.45. The maximum Gasteiger partial charge on any atom is 0.191 e. The van der Waals surface area contributed by atoms with Crippen LogP contribution >= 0.6 is 24.0 Å². The second kappa shape index (κ2) is 12.7. The molecular weight excluding hydrogens is 479 g/mol. The largest absolute Gasteiger partial charge is 0.497 e. The molecule has 2 rings (SSSR count). The molecule has 1 aromatic carbocycles. The minimum atomic E-state index is 0. The number of guanidine groups is 1. The lowest BCUT2D eigenvalue weighted by Crippen LogP contribution is -2.45. The van der Waals surface area contributed by atoms with Crippen LogP contribution in [0.3, 0.4) is 0 Å². The molecule has 0 unspecified atom stereocenters. The van der Waals surface area contributed by atoms with E-state index in [-0.39, 0.29) is 24.0 Å². The Hall–Kier alpha value is -1.81. The third-order valence-corrected chi connectivity index (χ3v) is 4.63. The Bertz CT molecular complexity index is 734.